The molecule has 0 aromatic heterocycles. The predicted octanol–water partition coefficient (Wildman–Crippen LogP) is 4.28. The number of hydrogen-bond acceptors (Lipinski definition) is 6. The van der Waals surface area contributed by atoms with Gasteiger partial charge >= 0.3 is 0 Å². The molecule has 0 saturated carbocycles. The molecule has 0 amide bonds. The maximum absolute atomic E-state index is 10.6. The largest absolute Gasteiger partial charge is 0.490 e. The van der Waals surface area contributed by atoms with Crippen molar-refractivity contribution in [3.05, 3.63) is 100 Å². The Balaban J connectivity index is 1.51. The molecule has 0 aliphatic heterocycles. The van der Waals surface area contributed by atoms with Crippen LogP contribution in [0.4, 0.5) is 5.69 Å². The minimum atomic E-state index is -0.457. The van der Waals surface area contributed by atoms with Gasteiger partial charge in [0, 0.05) is 23.3 Å². The minimum absolute atomic E-state index is 0.0185. The van der Waals surface area contributed by atoms with Crippen molar-refractivity contribution < 1.29 is 19.6 Å². The van der Waals surface area contributed by atoms with Gasteiger partial charge in [0.05, 0.1) is 4.92 Å². The van der Waals surface area contributed by atoms with Gasteiger partial charge in [-0.15, -0.1) is 0 Å². The molecule has 0 heterocycles. The molecule has 3 aromatic carbocycles. The summed E-state index contributed by atoms with van der Waals surface area (Å²) in [5.41, 5.74) is 2.08. The number of nitrogens with zero attached hydrogens (tertiary/aromatic N) is 2. The molecule has 1 N–H and O–H groups in total. The molecule has 28 heavy (non-hydrogen) atoms. The lowest BCUT2D eigenvalue weighted by Crippen LogP contribution is -2.09. The third-order valence-electron chi connectivity index (χ3n) is 3.94. The number of nitro groups is 1. The first kappa shape index (κ1) is 18.9. The number of oxime groups is 1. The summed E-state index contributed by atoms with van der Waals surface area (Å²) < 4.78 is 11.1. The molecule has 0 saturated heterocycles. The molecule has 142 valence electrons. The average Bonchev–Trinajstić information content (AvgIpc) is 2.74. The number of non-ortho nitro benzene ring substituents is 1. The first-order valence-electron chi connectivity index (χ1n) is 8.55. The molecule has 0 fully saturated rings. The van der Waals surface area contributed by atoms with Crippen LogP contribution >= 0.6 is 0 Å². The quantitative estimate of drug-likeness (QED) is 0.208. The first-order chi connectivity index (χ1) is 13.7. The second-order valence-corrected chi connectivity index (χ2v) is 5.79. The lowest BCUT2D eigenvalue weighted by atomic mass is 10.0. The van der Waals surface area contributed by atoms with Crippen molar-refractivity contribution >= 4 is 11.4 Å². The SMILES string of the molecule is O=[N+]([O-])c1ccc(OCCOc2ccc(/C(=N/O)c3ccccc3)cc2)cc1. The molecular formula is C21H18N2O5. The summed E-state index contributed by atoms with van der Waals surface area (Å²) in [7, 11) is 0. The van der Waals surface area contributed by atoms with E-state index in [4.69, 9.17) is 9.47 Å². The second-order valence-electron chi connectivity index (χ2n) is 5.79. The van der Waals surface area contributed by atoms with Crippen LogP contribution in [-0.2, 0) is 0 Å². The molecular weight excluding hydrogens is 360 g/mol. The Hall–Kier alpha value is -3.87. The Bertz CT molecular complexity index is 939. The lowest BCUT2D eigenvalue weighted by molar-refractivity contribution is -0.384. The van der Waals surface area contributed by atoms with E-state index in [1.807, 2.05) is 42.5 Å². The van der Waals surface area contributed by atoms with Crippen molar-refractivity contribution in [1.82, 2.24) is 0 Å². The van der Waals surface area contributed by atoms with Crippen molar-refractivity contribution in [1.29, 1.82) is 0 Å². The van der Waals surface area contributed by atoms with Crippen LogP contribution < -0.4 is 9.47 Å². The van der Waals surface area contributed by atoms with Gasteiger partial charge in [-0.1, -0.05) is 35.5 Å². The molecule has 0 aliphatic carbocycles. The molecule has 0 spiro atoms. The summed E-state index contributed by atoms with van der Waals surface area (Å²) >= 11 is 0. The van der Waals surface area contributed by atoms with Gasteiger partial charge < -0.3 is 14.7 Å². The standard InChI is InChI=1S/C21H18N2O5/c24-22-21(16-4-2-1-3-5-16)17-6-10-19(11-7-17)27-14-15-28-20-12-8-18(9-13-20)23(25)26/h1-13,24H,14-15H2/b22-21+. The van der Waals surface area contributed by atoms with E-state index in [0.717, 1.165) is 11.1 Å². The maximum atomic E-state index is 10.6. The van der Waals surface area contributed by atoms with Gasteiger partial charge in [0.15, 0.2) is 0 Å². The van der Waals surface area contributed by atoms with Crippen LogP contribution in [0, 0.1) is 10.1 Å². The third kappa shape index (κ3) is 4.85. The zero-order valence-corrected chi connectivity index (χ0v) is 14.9. The molecule has 7 nitrogen and oxygen atoms in total. The number of hydrogen-bond donors (Lipinski definition) is 1. The summed E-state index contributed by atoms with van der Waals surface area (Å²) in [4.78, 5) is 10.2. The molecule has 3 rings (SSSR count). The first-order valence-corrected chi connectivity index (χ1v) is 8.55. The highest BCUT2D eigenvalue weighted by Gasteiger charge is 2.08. The summed E-state index contributed by atoms with van der Waals surface area (Å²) in [6.07, 6.45) is 0. The van der Waals surface area contributed by atoms with E-state index < -0.39 is 4.92 Å². The van der Waals surface area contributed by atoms with Crippen molar-refractivity contribution in [2.45, 2.75) is 0 Å². The van der Waals surface area contributed by atoms with Gasteiger partial charge in [-0.25, -0.2) is 0 Å². The van der Waals surface area contributed by atoms with Crippen LogP contribution in [0.3, 0.4) is 0 Å². The number of ether oxygens (including phenoxy) is 2. The highest BCUT2D eigenvalue weighted by atomic mass is 16.6. The topological polar surface area (TPSA) is 94.2 Å². The van der Waals surface area contributed by atoms with E-state index in [2.05, 4.69) is 5.16 Å². The van der Waals surface area contributed by atoms with Gasteiger partial charge in [0.2, 0.25) is 0 Å². The van der Waals surface area contributed by atoms with Gasteiger partial charge in [-0.2, -0.15) is 0 Å². The summed E-state index contributed by atoms with van der Waals surface area (Å²) in [5.74, 6) is 1.19. The van der Waals surface area contributed by atoms with E-state index in [-0.39, 0.29) is 5.69 Å². The fourth-order valence-electron chi connectivity index (χ4n) is 2.57. The van der Waals surface area contributed by atoms with Crippen LogP contribution in [0.15, 0.2) is 84.0 Å². The van der Waals surface area contributed by atoms with Crippen LogP contribution in [0.25, 0.3) is 0 Å². The summed E-state index contributed by atoms with van der Waals surface area (Å²) in [6, 6.07) is 22.5. The molecule has 0 aliphatic rings. The summed E-state index contributed by atoms with van der Waals surface area (Å²) in [6.45, 7) is 0.614. The van der Waals surface area contributed by atoms with Crippen molar-refractivity contribution in [2.75, 3.05) is 13.2 Å². The minimum Gasteiger partial charge on any atom is -0.490 e. The van der Waals surface area contributed by atoms with Gasteiger partial charge in [-0.05, 0) is 36.4 Å². The Morgan fingerprint density at radius 3 is 1.82 bits per heavy atom. The van der Waals surface area contributed by atoms with Crippen molar-refractivity contribution in [3.63, 3.8) is 0 Å². The molecule has 0 bridgehead atoms. The zero-order valence-electron chi connectivity index (χ0n) is 14.9. The maximum Gasteiger partial charge on any atom is 0.269 e. The zero-order chi connectivity index (χ0) is 19.8. The van der Waals surface area contributed by atoms with Crippen LogP contribution in [0.1, 0.15) is 11.1 Å². The van der Waals surface area contributed by atoms with E-state index in [1.165, 1.54) is 12.1 Å². The molecule has 3 aromatic rings. The molecule has 7 heteroatoms. The fourth-order valence-corrected chi connectivity index (χ4v) is 2.57. The van der Waals surface area contributed by atoms with Crippen LogP contribution in [0.2, 0.25) is 0 Å². The van der Waals surface area contributed by atoms with Crippen LogP contribution in [0.5, 0.6) is 11.5 Å². The smallest absolute Gasteiger partial charge is 0.269 e. The Morgan fingerprint density at radius 1 is 0.821 bits per heavy atom. The summed E-state index contributed by atoms with van der Waals surface area (Å²) in [5, 5.41) is 23.4. The fraction of sp³-hybridized carbons (Fsp3) is 0.0952. The number of nitro benzene ring substituents is 1. The normalized spacial score (nSPS) is 11.1. The van der Waals surface area contributed by atoms with Crippen LogP contribution in [-0.4, -0.2) is 29.1 Å². The Labute approximate surface area is 161 Å². The average molecular weight is 378 g/mol. The van der Waals surface area contributed by atoms with Gasteiger partial charge in [-0.3, -0.25) is 10.1 Å². The van der Waals surface area contributed by atoms with Crippen molar-refractivity contribution in [3.8, 4) is 11.5 Å². The monoisotopic (exact) mass is 378 g/mol. The molecule has 0 atom stereocenters. The third-order valence-corrected chi connectivity index (χ3v) is 3.94. The van der Waals surface area contributed by atoms with Crippen molar-refractivity contribution in [2.24, 2.45) is 5.16 Å². The van der Waals surface area contributed by atoms with Gasteiger partial charge in [0.1, 0.15) is 30.4 Å². The Kier molecular flexibility index (Phi) is 6.20. The Morgan fingerprint density at radius 2 is 1.32 bits per heavy atom. The predicted molar refractivity (Wildman–Crippen MR) is 104 cm³/mol. The van der Waals surface area contributed by atoms with E-state index >= 15 is 0 Å². The molecule has 0 radical (unpaired) electrons. The number of rotatable bonds is 8. The number of benzene rings is 3. The molecule has 0 unspecified atom stereocenters. The second kappa shape index (κ2) is 9.18. The van der Waals surface area contributed by atoms with E-state index in [1.54, 1.807) is 24.3 Å². The van der Waals surface area contributed by atoms with Gasteiger partial charge in [0.25, 0.3) is 5.69 Å². The van der Waals surface area contributed by atoms with E-state index in [0.29, 0.717) is 30.4 Å². The lowest BCUT2D eigenvalue weighted by Gasteiger charge is -2.09. The highest BCUT2D eigenvalue weighted by Crippen LogP contribution is 2.18. The van der Waals surface area contributed by atoms with E-state index in [9.17, 15) is 15.3 Å². The highest BCUT2D eigenvalue weighted by molar-refractivity contribution is 6.12.